The summed E-state index contributed by atoms with van der Waals surface area (Å²) in [7, 11) is 0. The van der Waals surface area contributed by atoms with Crippen LogP contribution in [0.15, 0.2) is 67.3 Å². The summed E-state index contributed by atoms with van der Waals surface area (Å²) in [5.74, 6) is -0.0260. The number of nitrogens with zero attached hydrogens (tertiary/aromatic N) is 3. The first-order valence-electron chi connectivity index (χ1n) is 7.50. The molecule has 0 aliphatic heterocycles. The van der Waals surface area contributed by atoms with Gasteiger partial charge in [-0.1, -0.05) is 18.2 Å². The van der Waals surface area contributed by atoms with E-state index in [-0.39, 0.29) is 11.9 Å². The number of nitrogens with one attached hydrogen (secondary N) is 1. The monoisotopic (exact) mass is 306 g/mol. The topological polar surface area (TPSA) is 59.8 Å². The van der Waals surface area contributed by atoms with Gasteiger partial charge in [-0.25, -0.2) is 4.68 Å². The van der Waals surface area contributed by atoms with Gasteiger partial charge in [-0.15, -0.1) is 0 Å². The second kappa shape index (κ2) is 6.87. The lowest BCUT2D eigenvalue weighted by molar-refractivity contribution is -0.121. The van der Waals surface area contributed by atoms with Crippen molar-refractivity contribution in [3.63, 3.8) is 0 Å². The number of benzene rings is 1. The number of hydrogen-bond donors (Lipinski definition) is 1. The van der Waals surface area contributed by atoms with Crippen LogP contribution in [-0.2, 0) is 11.2 Å². The van der Waals surface area contributed by atoms with Crippen LogP contribution in [0.2, 0.25) is 0 Å². The number of rotatable bonds is 5. The molecule has 0 spiro atoms. The molecule has 1 atom stereocenters. The van der Waals surface area contributed by atoms with Crippen LogP contribution in [0, 0.1) is 0 Å². The van der Waals surface area contributed by atoms with E-state index < -0.39 is 0 Å². The Morgan fingerprint density at radius 1 is 1.17 bits per heavy atom. The van der Waals surface area contributed by atoms with Crippen molar-refractivity contribution in [3.8, 4) is 5.69 Å². The Kier molecular flexibility index (Phi) is 4.47. The number of pyridine rings is 1. The lowest BCUT2D eigenvalue weighted by Crippen LogP contribution is -2.28. The molecule has 0 saturated carbocycles. The molecule has 5 nitrogen and oxygen atoms in total. The van der Waals surface area contributed by atoms with Crippen LogP contribution in [0.1, 0.15) is 24.1 Å². The number of carbonyl (C=O) groups is 1. The minimum atomic E-state index is -0.0466. The zero-order valence-corrected chi connectivity index (χ0v) is 12.9. The molecule has 1 N–H and O–H groups in total. The van der Waals surface area contributed by atoms with Crippen molar-refractivity contribution in [1.29, 1.82) is 0 Å². The van der Waals surface area contributed by atoms with Crippen molar-refractivity contribution < 1.29 is 4.79 Å². The van der Waals surface area contributed by atoms with Crippen LogP contribution in [-0.4, -0.2) is 20.7 Å². The van der Waals surface area contributed by atoms with E-state index in [0.29, 0.717) is 6.42 Å². The van der Waals surface area contributed by atoms with Crippen molar-refractivity contribution in [2.45, 2.75) is 19.4 Å². The third-order valence-electron chi connectivity index (χ3n) is 3.61. The van der Waals surface area contributed by atoms with Gasteiger partial charge in [-0.05, 0) is 42.3 Å². The van der Waals surface area contributed by atoms with Gasteiger partial charge in [-0.3, -0.25) is 9.78 Å². The molecule has 23 heavy (non-hydrogen) atoms. The summed E-state index contributed by atoms with van der Waals surface area (Å²) in [5.41, 5.74) is 2.89. The molecular formula is C18H18N4O. The number of para-hydroxylation sites is 1. The van der Waals surface area contributed by atoms with Crippen LogP contribution >= 0.6 is 0 Å². The summed E-state index contributed by atoms with van der Waals surface area (Å²) in [6, 6.07) is 13.6. The van der Waals surface area contributed by atoms with Crippen molar-refractivity contribution >= 4 is 5.91 Å². The Labute approximate surface area is 135 Å². The molecule has 2 aromatic heterocycles. The number of aromatic nitrogens is 3. The molecule has 0 unspecified atom stereocenters. The van der Waals surface area contributed by atoms with E-state index in [2.05, 4.69) is 15.4 Å². The number of carbonyl (C=O) groups excluding carboxylic acids is 1. The Morgan fingerprint density at radius 2 is 1.91 bits per heavy atom. The summed E-state index contributed by atoms with van der Waals surface area (Å²) in [4.78, 5) is 16.2. The Bertz CT molecular complexity index is 768. The van der Waals surface area contributed by atoms with Crippen molar-refractivity contribution in [2.75, 3.05) is 0 Å². The van der Waals surface area contributed by atoms with Gasteiger partial charge in [-0.2, -0.15) is 5.10 Å². The molecule has 0 radical (unpaired) electrons. The molecule has 116 valence electrons. The largest absolute Gasteiger partial charge is 0.349 e. The fourth-order valence-electron chi connectivity index (χ4n) is 2.39. The van der Waals surface area contributed by atoms with Crippen LogP contribution in [0.4, 0.5) is 0 Å². The van der Waals surface area contributed by atoms with Gasteiger partial charge in [0.05, 0.1) is 24.3 Å². The first-order valence-corrected chi connectivity index (χ1v) is 7.50. The zero-order chi connectivity index (χ0) is 16.1. The molecule has 0 aliphatic rings. The summed E-state index contributed by atoms with van der Waals surface area (Å²) < 4.78 is 1.77. The van der Waals surface area contributed by atoms with Gasteiger partial charge in [0.1, 0.15) is 0 Å². The number of hydrogen-bond acceptors (Lipinski definition) is 3. The third kappa shape index (κ3) is 3.83. The molecule has 2 heterocycles. The first-order chi connectivity index (χ1) is 11.2. The SMILES string of the molecule is C[C@H](NC(=O)Cc1cnn(-c2ccccc2)c1)c1ccncc1. The van der Waals surface area contributed by atoms with Gasteiger partial charge in [0.25, 0.3) is 0 Å². The van der Waals surface area contributed by atoms with E-state index in [1.165, 1.54) is 0 Å². The lowest BCUT2D eigenvalue weighted by Gasteiger charge is -2.13. The first kappa shape index (κ1) is 15.0. The maximum absolute atomic E-state index is 12.2. The van der Waals surface area contributed by atoms with E-state index in [1.54, 1.807) is 23.3 Å². The highest BCUT2D eigenvalue weighted by Crippen LogP contribution is 2.11. The van der Waals surface area contributed by atoms with Crippen LogP contribution in [0.25, 0.3) is 5.69 Å². The van der Waals surface area contributed by atoms with Crippen molar-refractivity contribution in [3.05, 3.63) is 78.4 Å². The Balaban J connectivity index is 1.61. The van der Waals surface area contributed by atoms with Crippen LogP contribution in [0.3, 0.4) is 0 Å². The summed E-state index contributed by atoms with van der Waals surface area (Å²) in [6.45, 7) is 1.96. The normalized spacial score (nSPS) is 11.9. The molecule has 0 fully saturated rings. The standard InChI is InChI=1S/C18H18N4O/c1-14(16-7-9-19-10-8-16)21-18(23)11-15-12-20-22(13-15)17-5-3-2-4-6-17/h2-10,12-14H,11H2,1H3,(H,21,23)/t14-/m0/s1. The van der Waals surface area contributed by atoms with Gasteiger partial charge in [0.2, 0.25) is 5.91 Å². The van der Waals surface area contributed by atoms with E-state index in [0.717, 1.165) is 16.8 Å². The minimum Gasteiger partial charge on any atom is -0.349 e. The third-order valence-corrected chi connectivity index (χ3v) is 3.61. The average Bonchev–Trinajstić information content (AvgIpc) is 3.04. The van der Waals surface area contributed by atoms with Crippen molar-refractivity contribution in [2.24, 2.45) is 0 Å². The van der Waals surface area contributed by atoms with Gasteiger partial charge < -0.3 is 5.32 Å². The summed E-state index contributed by atoms with van der Waals surface area (Å²) in [5, 5.41) is 7.30. The lowest BCUT2D eigenvalue weighted by atomic mass is 10.1. The molecule has 3 aromatic rings. The molecule has 0 bridgehead atoms. The van der Waals surface area contributed by atoms with Gasteiger partial charge in [0.15, 0.2) is 0 Å². The predicted octanol–water partition coefficient (Wildman–Crippen LogP) is 2.69. The Hall–Kier alpha value is -2.95. The maximum Gasteiger partial charge on any atom is 0.225 e. The number of amides is 1. The maximum atomic E-state index is 12.2. The molecule has 3 rings (SSSR count). The molecule has 0 saturated heterocycles. The average molecular weight is 306 g/mol. The molecule has 0 aliphatic carbocycles. The summed E-state index contributed by atoms with van der Waals surface area (Å²) >= 11 is 0. The summed E-state index contributed by atoms with van der Waals surface area (Å²) in [6.07, 6.45) is 7.36. The van der Waals surface area contributed by atoms with E-state index in [9.17, 15) is 4.79 Å². The smallest absolute Gasteiger partial charge is 0.225 e. The fraction of sp³-hybridized carbons (Fsp3) is 0.167. The predicted molar refractivity (Wildman–Crippen MR) is 88.1 cm³/mol. The second-order valence-electron chi connectivity index (χ2n) is 5.38. The fourth-order valence-corrected chi connectivity index (χ4v) is 2.39. The highest BCUT2D eigenvalue weighted by molar-refractivity contribution is 5.78. The molecule has 1 amide bonds. The molecule has 5 heteroatoms. The highest BCUT2D eigenvalue weighted by atomic mass is 16.1. The quantitative estimate of drug-likeness (QED) is 0.788. The highest BCUT2D eigenvalue weighted by Gasteiger charge is 2.11. The van der Waals surface area contributed by atoms with Gasteiger partial charge >= 0.3 is 0 Å². The van der Waals surface area contributed by atoms with E-state index in [1.807, 2.05) is 55.6 Å². The molecular weight excluding hydrogens is 288 g/mol. The Morgan fingerprint density at radius 3 is 2.65 bits per heavy atom. The van der Waals surface area contributed by atoms with Crippen LogP contribution in [0.5, 0.6) is 0 Å². The van der Waals surface area contributed by atoms with Crippen LogP contribution < -0.4 is 5.32 Å². The minimum absolute atomic E-state index is 0.0260. The van der Waals surface area contributed by atoms with E-state index >= 15 is 0 Å². The van der Waals surface area contributed by atoms with E-state index in [4.69, 9.17) is 0 Å². The van der Waals surface area contributed by atoms with Crippen molar-refractivity contribution in [1.82, 2.24) is 20.1 Å². The second-order valence-corrected chi connectivity index (χ2v) is 5.38. The zero-order valence-electron chi connectivity index (χ0n) is 12.9. The molecule has 1 aromatic carbocycles. The van der Waals surface area contributed by atoms with Gasteiger partial charge in [0, 0.05) is 18.6 Å².